The number of benzene rings is 2. The minimum Gasteiger partial charge on any atom is -0.496 e. The summed E-state index contributed by atoms with van der Waals surface area (Å²) < 4.78 is 29.9. The van der Waals surface area contributed by atoms with Gasteiger partial charge in [-0.3, -0.25) is 0 Å². The van der Waals surface area contributed by atoms with Crippen LogP contribution in [0.25, 0.3) is 12.2 Å². The van der Waals surface area contributed by atoms with Gasteiger partial charge >= 0.3 is 5.97 Å². The molecule has 0 N–H and O–H groups in total. The molecule has 0 saturated carbocycles. The van der Waals surface area contributed by atoms with E-state index in [1.807, 2.05) is 0 Å². The van der Waals surface area contributed by atoms with E-state index in [1.54, 1.807) is 36.4 Å². The van der Waals surface area contributed by atoms with Crippen molar-refractivity contribution in [1.82, 2.24) is 0 Å². The first-order valence-electron chi connectivity index (χ1n) is 6.98. The van der Waals surface area contributed by atoms with Crippen molar-refractivity contribution >= 4 is 34.1 Å². The van der Waals surface area contributed by atoms with Crippen molar-refractivity contribution in [3.05, 3.63) is 57.3 Å². The van der Waals surface area contributed by atoms with E-state index in [0.29, 0.717) is 15.8 Å². The van der Waals surface area contributed by atoms with E-state index in [0.717, 1.165) is 5.56 Å². The first-order valence-corrected chi connectivity index (χ1v) is 7.77. The fraction of sp³-hybridized carbons (Fsp3) is 0.167. The Bertz CT molecular complexity index is 787. The van der Waals surface area contributed by atoms with E-state index in [-0.39, 0.29) is 11.3 Å². The third kappa shape index (κ3) is 3.76. The van der Waals surface area contributed by atoms with Crippen LogP contribution in [-0.2, 0) is 4.74 Å². The molecule has 24 heavy (non-hydrogen) atoms. The van der Waals surface area contributed by atoms with Crippen molar-refractivity contribution in [2.75, 3.05) is 21.3 Å². The zero-order chi connectivity index (χ0) is 17.7. The van der Waals surface area contributed by atoms with Gasteiger partial charge in [0, 0.05) is 4.47 Å². The molecule has 4 nitrogen and oxygen atoms in total. The Hall–Kier alpha value is -2.34. The number of hydrogen-bond acceptors (Lipinski definition) is 4. The van der Waals surface area contributed by atoms with Gasteiger partial charge in [-0.05, 0) is 35.9 Å². The van der Waals surface area contributed by atoms with Gasteiger partial charge in [0.25, 0.3) is 0 Å². The van der Waals surface area contributed by atoms with E-state index in [4.69, 9.17) is 9.47 Å². The van der Waals surface area contributed by atoms with Crippen molar-refractivity contribution in [3.63, 3.8) is 0 Å². The highest BCUT2D eigenvalue weighted by Crippen LogP contribution is 2.31. The Morgan fingerprint density at radius 1 is 1.04 bits per heavy atom. The summed E-state index contributed by atoms with van der Waals surface area (Å²) in [6.45, 7) is 0. The third-order valence-electron chi connectivity index (χ3n) is 3.40. The molecule has 0 amide bonds. The molecular weight excluding hydrogens is 379 g/mol. The average Bonchev–Trinajstić information content (AvgIpc) is 2.60. The molecule has 0 spiro atoms. The Morgan fingerprint density at radius 3 is 2.29 bits per heavy atom. The van der Waals surface area contributed by atoms with E-state index in [2.05, 4.69) is 20.7 Å². The molecule has 0 bridgehead atoms. The molecule has 0 aliphatic heterocycles. The van der Waals surface area contributed by atoms with Gasteiger partial charge in [-0.2, -0.15) is 0 Å². The third-order valence-corrected chi connectivity index (χ3v) is 4.08. The van der Waals surface area contributed by atoms with Gasteiger partial charge in [-0.1, -0.05) is 28.1 Å². The number of methoxy groups -OCH3 is 3. The largest absolute Gasteiger partial charge is 0.496 e. The second-order valence-electron chi connectivity index (χ2n) is 4.76. The average molecular weight is 395 g/mol. The van der Waals surface area contributed by atoms with E-state index < -0.39 is 11.8 Å². The van der Waals surface area contributed by atoms with Crippen LogP contribution in [0.1, 0.15) is 21.5 Å². The molecule has 0 saturated heterocycles. The molecule has 2 aromatic carbocycles. The normalized spacial score (nSPS) is 10.7. The molecule has 2 rings (SSSR count). The topological polar surface area (TPSA) is 44.8 Å². The zero-order valence-corrected chi connectivity index (χ0v) is 15.0. The number of hydrogen-bond donors (Lipinski definition) is 0. The number of esters is 1. The van der Waals surface area contributed by atoms with Crippen molar-refractivity contribution in [2.45, 2.75) is 0 Å². The van der Waals surface area contributed by atoms with Gasteiger partial charge in [0.15, 0.2) is 11.6 Å². The molecule has 0 aliphatic carbocycles. The van der Waals surface area contributed by atoms with Gasteiger partial charge in [0.05, 0.1) is 32.5 Å². The molecular formula is C18H16BrFO4. The summed E-state index contributed by atoms with van der Waals surface area (Å²) in [5.41, 5.74) is 1.47. The quantitative estimate of drug-likeness (QED) is 0.550. The lowest BCUT2D eigenvalue weighted by Gasteiger charge is -2.09. The van der Waals surface area contributed by atoms with Gasteiger partial charge in [0.1, 0.15) is 5.75 Å². The number of carbonyl (C=O) groups excluding carboxylic acids is 1. The minimum atomic E-state index is -0.504. The van der Waals surface area contributed by atoms with Gasteiger partial charge < -0.3 is 14.2 Å². The van der Waals surface area contributed by atoms with Gasteiger partial charge in [-0.25, -0.2) is 9.18 Å². The fourth-order valence-corrected chi connectivity index (χ4v) is 2.64. The molecule has 126 valence electrons. The zero-order valence-electron chi connectivity index (χ0n) is 13.4. The van der Waals surface area contributed by atoms with Crippen LogP contribution in [0.2, 0.25) is 0 Å². The highest BCUT2D eigenvalue weighted by molar-refractivity contribution is 9.10. The van der Waals surface area contributed by atoms with Crippen LogP contribution in [0.4, 0.5) is 4.39 Å². The molecule has 0 unspecified atom stereocenters. The summed E-state index contributed by atoms with van der Waals surface area (Å²) in [7, 11) is 4.20. The lowest BCUT2D eigenvalue weighted by molar-refractivity contribution is 0.0600. The van der Waals surface area contributed by atoms with Crippen molar-refractivity contribution < 1.29 is 23.4 Å². The summed E-state index contributed by atoms with van der Waals surface area (Å²) in [5, 5.41) is 0. The Kier molecular flexibility index (Phi) is 5.98. The number of carbonyl (C=O) groups is 1. The first kappa shape index (κ1) is 18.0. The Morgan fingerprint density at radius 2 is 1.71 bits per heavy atom. The number of rotatable bonds is 5. The summed E-state index contributed by atoms with van der Waals surface area (Å²) in [6, 6.07) is 8.15. The van der Waals surface area contributed by atoms with Crippen LogP contribution in [-0.4, -0.2) is 27.3 Å². The number of ether oxygens (including phenoxy) is 3. The first-order chi connectivity index (χ1) is 11.5. The van der Waals surface area contributed by atoms with Crippen LogP contribution in [0.3, 0.4) is 0 Å². The van der Waals surface area contributed by atoms with Crippen LogP contribution >= 0.6 is 15.9 Å². The highest BCUT2D eigenvalue weighted by Gasteiger charge is 2.13. The summed E-state index contributed by atoms with van der Waals surface area (Å²) in [4.78, 5) is 11.5. The molecule has 0 aliphatic rings. The van der Waals surface area contributed by atoms with E-state index in [9.17, 15) is 9.18 Å². The second-order valence-corrected chi connectivity index (χ2v) is 5.61. The molecule has 2 aromatic rings. The second kappa shape index (κ2) is 7.97. The Labute approximate surface area is 148 Å². The maximum atomic E-state index is 14.4. The van der Waals surface area contributed by atoms with Crippen LogP contribution in [0, 0.1) is 5.82 Å². The predicted octanol–water partition coefficient (Wildman–Crippen LogP) is 4.56. The van der Waals surface area contributed by atoms with Crippen molar-refractivity contribution in [3.8, 4) is 11.5 Å². The summed E-state index contributed by atoms with van der Waals surface area (Å²) in [5.74, 6) is -0.399. The highest BCUT2D eigenvalue weighted by atomic mass is 79.9. The minimum absolute atomic E-state index is 0.135. The van der Waals surface area contributed by atoms with Gasteiger partial charge in [0.2, 0.25) is 0 Å². The molecule has 0 aromatic heterocycles. The van der Waals surface area contributed by atoms with Crippen LogP contribution in [0.15, 0.2) is 34.8 Å². The van der Waals surface area contributed by atoms with E-state index in [1.165, 1.54) is 27.4 Å². The van der Waals surface area contributed by atoms with Crippen molar-refractivity contribution in [1.29, 1.82) is 0 Å². The monoisotopic (exact) mass is 394 g/mol. The maximum absolute atomic E-state index is 14.4. The standard InChI is InChI=1S/C18H16BrFO4/c1-22-15-8-9-16(23-2)17(20)13(15)7-6-11-4-5-12(10-14(11)19)18(21)24-3/h4-10H,1-3H3. The smallest absolute Gasteiger partial charge is 0.337 e. The lowest BCUT2D eigenvalue weighted by Crippen LogP contribution is -2.00. The maximum Gasteiger partial charge on any atom is 0.337 e. The van der Waals surface area contributed by atoms with E-state index >= 15 is 0 Å². The summed E-state index contributed by atoms with van der Waals surface area (Å²) in [6.07, 6.45) is 3.31. The van der Waals surface area contributed by atoms with Crippen molar-refractivity contribution in [2.24, 2.45) is 0 Å². The molecule has 0 heterocycles. The lowest BCUT2D eigenvalue weighted by atomic mass is 10.1. The fourth-order valence-electron chi connectivity index (χ4n) is 2.13. The molecule has 6 heteroatoms. The van der Waals surface area contributed by atoms with Crippen LogP contribution < -0.4 is 9.47 Å². The predicted molar refractivity (Wildman–Crippen MR) is 93.9 cm³/mol. The SMILES string of the molecule is COC(=O)c1ccc(C=Cc2c(OC)ccc(OC)c2F)c(Br)c1. The summed E-state index contributed by atoms with van der Waals surface area (Å²) >= 11 is 3.39. The molecule has 0 radical (unpaired) electrons. The molecule has 0 atom stereocenters. The number of halogens is 2. The van der Waals surface area contributed by atoms with Gasteiger partial charge in [-0.15, -0.1) is 0 Å². The Balaban J connectivity index is 2.39. The van der Waals surface area contributed by atoms with Crippen LogP contribution in [0.5, 0.6) is 11.5 Å². The molecule has 0 fully saturated rings.